The van der Waals surface area contributed by atoms with Gasteiger partial charge in [0, 0.05) is 25.0 Å². The quantitative estimate of drug-likeness (QED) is 0.785. The number of aromatic nitrogens is 2. The molecule has 0 radical (unpaired) electrons. The zero-order chi connectivity index (χ0) is 13.3. The van der Waals surface area contributed by atoms with E-state index in [0.29, 0.717) is 6.54 Å². The Bertz CT molecular complexity index is 605. The van der Waals surface area contributed by atoms with Crippen molar-refractivity contribution in [3.8, 4) is 0 Å². The van der Waals surface area contributed by atoms with E-state index >= 15 is 0 Å². The molecule has 1 aromatic heterocycles. The Balaban J connectivity index is 2.50. The maximum Gasteiger partial charge on any atom is 0.231 e. The van der Waals surface area contributed by atoms with Gasteiger partial charge in [-0.25, -0.2) is 13.8 Å². The third-order valence-electron chi connectivity index (χ3n) is 2.75. The van der Waals surface area contributed by atoms with Crippen molar-refractivity contribution in [2.75, 3.05) is 0 Å². The molecule has 1 aromatic carbocycles. The van der Waals surface area contributed by atoms with E-state index in [1.54, 1.807) is 10.8 Å². The molecule has 0 atom stereocenters. The largest absolute Gasteiger partial charge is 0.328 e. The van der Waals surface area contributed by atoms with Crippen LogP contribution in [-0.4, -0.2) is 15.3 Å². The molecule has 0 aliphatic rings. The SMILES string of the molecule is CCn1ccnc1C(=O)c1cc(C)c(F)cc1F. The van der Waals surface area contributed by atoms with E-state index in [2.05, 4.69) is 4.98 Å². The lowest BCUT2D eigenvalue weighted by Crippen LogP contribution is -2.12. The van der Waals surface area contributed by atoms with Crippen LogP contribution >= 0.6 is 0 Å². The number of carbonyl (C=O) groups excluding carboxylic acids is 1. The van der Waals surface area contributed by atoms with Gasteiger partial charge in [-0.15, -0.1) is 0 Å². The van der Waals surface area contributed by atoms with Crippen LogP contribution < -0.4 is 0 Å². The molecule has 18 heavy (non-hydrogen) atoms. The molecule has 0 bridgehead atoms. The summed E-state index contributed by atoms with van der Waals surface area (Å²) in [6, 6.07) is 1.93. The molecular formula is C13H12F2N2O. The molecule has 2 rings (SSSR count). The van der Waals surface area contributed by atoms with Gasteiger partial charge in [-0.3, -0.25) is 4.79 Å². The highest BCUT2D eigenvalue weighted by Crippen LogP contribution is 2.17. The monoisotopic (exact) mass is 250 g/mol. The molecule has 1 heterocycles. The van der Waals surface area contributed by atoms with Crippen LogP contribution in [0.4, 0.5) is 8.78 Å². The van der Waals surface area contributed by atoms with Gasteiger partial charge >= 0.3 is 0 Å². The van der Waals surface area contributed by atoms with Gasteiger partial charge in [-0.1, -0.05) is 0 Å². The smallest absolute Gasteiger partial charge is 0.231 e. The van der Waals surface area contributed by atoms with Gasteiger partial charge in [-0.05, 0) is 25.5 Å². The Hall–Kier alpha value is -2.04. The second-order valence-corrected chi connectivity index (χ2v) is 3.95. The molecule has 0 saturated heterocycles. The summed E-state index contributed by atoms with van der Waals surface area (Å²) in [6.45, 7) is 3.89. The molecule has 0 N–H and O–H groups in total. The first kappa shape index (κ1) is 12.4. The Morgan fingerprint density at radius 3 is 2.72 bits per heavy atom. The second kappa shape index (κ2) is 4.68. The fourth-order valence-corrected chi connectivity index (χ4v) is 1.73. The standard InChI is InChI=1S/C13H12F2N2O/c1-3-17-5-4-16-13(17)12(18)9-6-8(2)10(14)7-11(9)15/h4-7H,3H2,1-2H3. The van der Waals surface area contributed by atoms with Crippen LogP contribution in [0.1, 0.15) is 28.7 Å². The van der Waals surface area contributed by atoms with E-state index in [9.17, 15) is 13.6 Å². The number of nitrogens with zero attached hydrogens (tertiary/aromatic N) is 2. The highest BCUT2D eigenvalue weighted by molar-refractivity contribution is 6.07. The third kappa shape index (κ3) is 2.03. The predicted octanol–water partition coefficient (Wildman–Crippen LogP) is 2.72. The van der Waals surface area contributed by atoms with Crippen molar-refractivity contribution in [3.63, 3.8) is 0 Å². The number of rotatable bonds is 3. The van der Waals surface area contributed by atoms with Gasteiger partial charge < -0.3 is 4.57 Å². The Labute approximate surface area is 103 Å². The molecule has 2 aromatic rings. The lowest BCUT2D eigenvalue weighted by Gasteiger charge is -2.06. The number of halogens is 2. The van der Waals surface area contributed by atoms with Crippen LogP contribution in [0.5, 0.6) is 0 Å². The summed E-state index contributed by atoms with van der Waals surface area (Å²) in [4.78, 5) is 16.0. The van der Waals surface area contributed by atoms with Crippen LogP contribution in [0.25, 0.3) is 0 Å². The number of benzene rings is 1. The first-order valence-corrected chi connectivity index (χ1v) is 5.56. The third-order valence-corrected chi connectivity index (χ3v) is 2.75. The number of hydrogen-bond donors (Lipinski definition) is 0. The van der Waals surface area contributed by atoms with E-state index in [-0.39, 0.29) is 17.0 Å². The highest BCUT2D eigenvalue weighted by Gasteiger charge is 2.19. The van der Waals surface area contributed by atoms with Gasteiger partial charge in [0.1, 0.15) is 11.6 Å². The lowest BCUT2D eigenvalue weighted by atomic mass is 10.1. The summed E-state index contributed by atoms with van der Waals surface area (Å²) in [7, 11) is 0. The molecule has 0 amide bonds. The van der Waals surface area contributed by atoms with E-state index < -0.39 is 17.4 Å². The normalized spacial score (nSPS) is 10.7. The Morgan fingerprint density at radius 2 is 2.06 bits per heavy atom. The maximum absolute atomic E-state index is 13.6. The van der Waals surface area contributed by atoms with Gasteiger partial charge in [0.2, 0.25) is 5.78 Å². The van der Waals surface area contributed by atoms with Gasteiger partial charge in [0.15, 0.2) is 5.82 Å². The van der Waals surface area contributed by atoms with Crippen molar-refractivity contribution in [3.05, 3.63) is 53.1 Å². The van der Waals surface area contributed by atoms with Crippen molar-refractivity contribution in [2.24, 2.45) is 0 Å². The highest BCUT2D eigenvalue weighted by atomic mass is 19.1. The van der Waals surface area contributed by atoms with E-state index in [0.717, 1.165) is 6.07 Å². The Kier molecular flexibility index (Phi) is 3.23. The minimum Gasteiger partial charge on any atom is -0.328 e. The summed E-state index contributed by atoms with van der Waals surface area (Å²) in [6.07, 6.45) is 3.12. The average Bonchev–Trinajstić information content (AvgIpc) is 2.81. The fourth-order valence-electron chi connectivity index (χ4n) is 1.73. The molecule has 3 nitrogen and oxygen atoms in total. The number of hydrogen-bond acceptors (Lipinski definition) is 2. The van der Waals surface area contributed by atoms with Crippen molar-refractivity contribution in [1.29, 1.82) is 0 Å². The van der Waals surface area contributed by atoms with Crippen molar-refractivity contribution < 1.29 is 13.6 Å². The molecule has 0 unspecified atom stereocenters. The predicted molar refractivity (Wildman–Crippen MR) is 62.4 cm³/mol. The lowest BCUT2D eigenvalue weighted by molar-refractivity contribution is 0.102. The van der Waals surface area contributed by atoms with E-state index in [1.807, 2.05) is 6.92 Å². The molecule has 0 aliphatic heterocycles. The van der Waals surface area contributed by atoms with Gasteiger partial charge in [0.05, 0.1) is 5.56 Å². The summed E-state index contributed by atoms with van der Waals surface area (Å²) < 4.78 is 28.4. The van der Waals surface area contributed by atoms with Gasteiger partial charge in [0.25, 0.3) is 0 Å². The zero-order valence-corrected chi connectivity index (χ0v) is 10.1. The van der Waals surface area contributed by atoms with Crippen LogP contribution in [0.15, 0.2) is 24.5 Å². The summed E-state index contributed by atoms with van der Waals surface area (Å²) >= 11 is 0. The second-order valence-electron chi connectivity index (χ2n) is 3.95. The van der Waals surface area contributed by atoms with Crippen LogP contribution in [0.3, 0.4) is 0 Å². The molecule has 0 fully saturated rings. The molecule has 0 spiro atoms. The number of aryl methyl sites for hydroxylation is 2. The first-order chi connectivity index (χ1) is 8.54. The minimum atomic E-state index is -0.867. The molecule has 0 aliphatic carbocycles. The summed E-state index contributed by atoms with van der Waals surface area (Å²) in [5, 5.41) is 0. The number of carbonyl (C=O) groups is 1. The summed E-state index contributed by atoms with van der Waals surface area (Å²) in [5.41, 5.74) is 0.0733. The first-order valence-electron chi connectivity index (χ1n) is 5.56. The molecule has 0 saturated carbocycles. The molecule has 94 valence electrons. The Morgan fingerprint density at radius 1 is 1.33 bits per heavy atom. The van der Waals surface area contributed by atoms with Crippen LogP contribution in [0.2, 0.25) is 0 Å². The van der Waals surface area contributed by atoms with Crippen molar-refractivity contribution in [2.45, 2.75) is 20.4 Å². The average molecular weight is 250 g/mol. The van der Waals surface area contributed by atoms with Crippen LogP contribution in [-0.2, 0) is 6.54 Å². The van der Waals surface area contributed by atoms with Crippen LogP contribution in [0, 0.1) is 18.6 Å². The fraction of sp³-hybridized carbons (Fsp3) is 0.231. The minimum absolute atomic E-state index is 0.155. The van der Waals surface area contributed by atoms with Gasteiger partial charge in [-0.2, -0.15) is 0 Å². The summed E-state index contributed by atoms with van der Waals surface area (Å²) in [5.74, 6) is -1.92. The topological polar surface area (TPSA) is 34.9 Å². The molecular weight excluding hydrogens is 238 g/mol. The van der Waals surface area contributed by atoms with E-state index in [1.165, 1.54) is 19.2 Å². The van der Waals surface area contributed by atoms with Crippen molar-refractivity contribution in [1.82, 2.24) is 9.55 Å². The zero-order valence-electron chi connectivity index (χ0n) is 10.1. The van der Waals surface area contributed by atoms with Crippen molar-refractivity contribution >= 4 is 5.78 Å². The number of ketones is 1. The van der Waals surface area contributed by atoms with E-state index in [4.69, 9.17) is 0 Å². The number of imidazole rings is 1. The maximum atomic E-state index is 13.6. The molecule has 5 heteroatoms.